The highest BCUT2D eigenvalue weighted by atomic mass is 32.2. The molecular formula is C25H24O13S. The SMILES string of the molecule is CC(=O)OC1[C@H](Oc2cc3oc(=O)cc(CS(=O)(=O)O)c3c3ccccc23)OC[C@@H](OC(C)=O)[C@H]1OC(C)=O. The molecule has 0 aliphatic carbocycles. The van der Waals surface area contributed by atoms with Crippen LogP contribution in [-0.2, 0) is 49.2 Å². The third-order valence-electron chi connectivity index (χ3n) is 5.68. The number of esters is 3. The van der Waals surface area contributed by atoms with Gasteiger partial charge in [0.05, 0.1) is 6.61 Å². The second kappa shape index (κ2) is 11.0. The molecule has 0 radical (unpaired) electrons. The van der Waals surface area contributed by atoms with E-state index < -0.39 is 64.0 Å². The maximum absolute atomic E-state index is 12.2. The van der Waals surface area contributed by atoms with E-state index in [0.717, 1.165) is 26.8 Å². The largest absolute Gasteiger partial charge is 0.460 e. The van der Waals surface area contributed by atoms with E-state index in [0.29, 0.717) is 10.8 Å². The molecule has 1 aromatic heterocycles. The number of fused-ring (bicyclic) bond motifs is 3. The number of rotatable bonds is 7. The van der Waals surface area contributed by atoms with Crippen molar-refractivity contribution in [2.24, 2.45) is 0 Å². The Balaban J connectivity index is 1.83. The molecule has 1 saturated heterocycles. The van der Waals surface area contributed by atoms with Crippen molar-refractivity contribution in [3.05, 3.63) is 52.4 Å². The molecule has 2 aromatic carbocycles. The average Bonchev–Trinajstić information content (AvgIpc) is 2.80. The molecule has 13 nitrogen and oxygen atoms in total. The summed E-state index contributed by atoms with van der Waals surface area (Å²) in [5.41, 5.74) is -0.908. The van der Waals surface area contributed by atoms with E-state index in [1.54, 1.807) is 24.3 Å². The van der Waals surface area contributed by atoms with E-state index in [-0.39, 0.29) is 28.9 Å². The number of hydrogen-bond acceptors (Lipinski definition) is 12. The smallest absolute Gasteiger partial charge is 0.336 e. The van der Waals surface area contributed by atoms with Crippen LogP contribution in [0.3, 0.4) is 0 Å². The highest BCUT2D eigenvalue weighted by Gasteiger charge is 2.48. The van der Waals surface area contributed by atoms with Crippen LogP contribution in [0.25, 0.3) is 21.7 Å². The van der Waals surface area contributed by atoms with Gasteiger partial charge in [0.1, 0.15) is 17.1 Å². The van der Waals surface area contributed by atoms with Crippen molar-refractivity contribution in [2.75, 3.05) is 6.61 Å². The minimum absolute atomic E-state index is 0.0114. The molecule has 0 saturated carbocycles. The Morgan fingerprint density at radius 2 is 1.56 bits per heavy atom. The molecule has 0 spiro atoms. The molecule has 1 aliphatic rings. The van der Waals surface area contributed by atoms with Crippen molar-refractivity contribution in [3.63, 3.8) is 0 Å². The number of ether oxygens (including phenoxy) is 5. The number of benzene rings is 2. The highest BCUT2D eigenvalue weighted by molar-refractivity contribution is 7.85. The van der Waals surface area contributed by atoms with Crippen molar-refractivity contribution < 1.29 is 55.5 Å². The Hall–Kier alpha value is -4.01. The summed E-state index contributed by atoms with van der Waals surface area (Å²) in [5.74, 6) is -2.93. The zero-order chi connectivity index (χ0) is 28.5. The number of hydrogen-bond donors (Lipinski definition) is 1. The van der Waals surface area contributed by atoms with Crippen LogP contribution < -0.4 is 10.4 Å². The summed E-state index contributed by atoms with van der Waals surface area (Å²) in [7, 11) is -4.49. The first-order valence-electron chi connectivity index (χ1n) is 11.6. The van der Waals surface area contributed by atoms with Crippen molar-refractivity contribution in [1.29, 1.82) is 0 Å². The first kappa shape index (κ1) is 28.0. The summed E-state index contributed by atoms with van der Waals surface area (Å²) >= 11 is 0. The van der Waals surface area contributed by atoms with Gasteiger partial charge in [0, 0.05) is 43.7 Å². The molecule has 4 atom stereocenters. The molecule has 0 bridgehead atoms. The normalized spacial score (nSPS) is 21.3. The fourth-order valence-electron chi connectivity index (χ4n) is 4.42. The number of carbonyl (C=O) groups excluding carboxylic acids is 3. The predicted octanol–water partition coefficient (Wildman–Crippen LogP) is 1.86. The molecule has 1 fully saturated rings. The van der Waals surface area contributed by atoms with Gasteiger partial charge in [-0.25, -0.2) is 4.79 Å². The van der Waals surface area contributed by atoms with Gasteiger partial charge in [-0.15, -0.1) is 0 Å². The van der Waals surface area contributed by atoms with Crippen LogP contribution in [0, 0.1) is 0 Å². The van der Waals surface area contributed by atoms with Crippen molar-refractivity contribution >= 4 is 49.8 Å². The maximum atomic E-state index is 12.2. The van der Waals surface area contributed by atoms with Crippen LogP contribution in [0.1, 0.15) is 26.3 Å². The molecule has 1 N–H and O–H groups in total. The van der Waals surface area contributed by atoms with E-state index >= 15 is 0 Å². The van der Waals surface area contributed by atoms with Crippen LogP contribution in [0.5, 0.6) is 5.75 Å². The van der Waals surface area contributed by atoms with Crippen molar-refractivity contribution in [2.45, 2.75) is 51.1 Å². The summed E-state index contributed by atoms with van der Waals surface area (Å²) in [6.45, 7) is 3.12. The van der Waals surface area contributed by atoms with Crippen molar-refractivity contribution in [1.82, 2.24) is 0 Å². The number of carbonyl (C=O) groups is 3. The third kappa shape index (κ3) is 6.53. The van der Waals surface area contributed by atoms with Crippen LogP contribution in [0.15, 0.2) is 45.6 Å². The van der Waals surface area contributed by atoms with Gasteiger partial charge in [-0.3, -0.25) is 18.9 Å². The van der Waals surface area contributed by atoms with Crippen LogP contribution in [-0.4, -0.2) is 62.1 Å². The summed E-state index contributed by atoms with van der Waals surface area (Å²) in [5, 5.41) is 1.09. The van der Waals surface area contributed by atoms with E-state index in [9.17, 15) is 32.1 Å². The summed E-state index contributed by atoms with van der Waals surface area (Å²) in [6, 6.07) is 8.89. The van der Waals surface area contributed by atoms with Gasteiger partial charge in [-0.1, -0.05) is 24.3 Å². The Morgan fingerprint density at radius 1 is 0.949 bits per heavy atom. The first-order valence-corrected chi connectivity index (χ1v) is 13.2. The molecule has 0 amide bonds. The Morgan fingerprint density at radius 3 is 2.18 bits per heavy atom. The van der Waals surface area contributed by atoms with Crippen LogP contribution in [0.2, 0.25) is 0 Å². The Labute approximate surface area is 221 Å². The predicted molar refractivity (Wildman–Crippen MR) is 132 cm³/mol. The average molecular weight is 565 g/mol. The van der Waals surface area contributed by atoms with Gasteiger partial charge >= 0.3 is 23.5 Å². The monoisotopic (exact) mass is 564 g/mol. The van der Waals surface area contributed by atoms with Gasteiger partial charge in [-0.2, -0.15) is 8.42 Å². The van der Waals surface area contributed by atoms with Crippen LogP contribution in [0.4, 0.5) is 0 Å². The quantitative estimate of drug-likeness (QED) is 0.144. The molecule has 14 heteroatoms. The summed E-state index contributed by atoms with van der Waals surface area (Å²) in [4.78, 5) is 47.6. The molecule has 4 rings (SSSR count). The third-order valence-corrected chi connectivity index (χ3v) is 6.36. The van der Waals surface area contributed by atoms with Gasteiger partial charge in [0.15, 0.2) is 12.2 Å². The minimum atomic E-state index is -4.49. The highest BCUT2D eigenvalue weighted by Crippen LogP contribution is 2.37. The molecule has 2 heterocycles. The molecule has 208 valence electrons. The second-order valence-electron chi connectivity index (χ2n) is 8.73. The standard InChI is InChI=1S/C25H24O13S/c1-12(26)34-20-10-33-25(24(36-14(3)28)23(20)35-13(2)27)38-18-9-19-22(17-7-5-4-6-16(17)18)15(8-21(29)37-19)11-39(30,31)32/h4-9,20,23-25H,10-11H2,1-3H3,(H,30,31,32)/t20-,23-,24?,25+/m1/s1. The molecule has 3 aromatic rings. The molecule has 1 unspecified atom stereocenters. The fraction of sp³-hybridized carbons (Fsp3) is 0.360. The topological polar surface area (TPSA) is 182 Å². The lowest BCUT2D eigenvalue weighted by atomic mass is 10.0. The van der Waals surface area contributed by atoms with Gasteiger partial charge in [0.2, 0.25) is 12.4 Å². The van der Waals surface area contributed by atoms with Gasteiger partial charge in [-0.05, 0) is 10.9 Å². The zero-order valence-electron chi connectivity index (χ0n) is 20.9. The lowest BCUT2D eigenvalue weighted by Gasteiger charge is -2.40. The van der Waals surface area contributed by atoms with E-state index in [2.05, 4.69) is 0 Å². The zero-order valence-corrected chi connectivity index (χ0v) is 21.8. The summed E-state index contributed by atoms with van der Waals surface area (Å²) in [6.07, 6.45) is -5.14. The maximum Gasteiger partial charge on any atom is 0.336 e. The van der Waals surface area contributed by atoms with Crippen molar-refractivity contribution in [3.8, 4) is 5.75 Å². The minimum Gasteiger partial charge on any atom is -0.460 e. The van der Waals surface area contributed by atoms with Crippen LogP contribution >= 0.6 is 0 Å². The summed E-state index contributed by atoms with van der Waals surface area (Å²) < 4.78 is 65.7. The Bertz CT molecular complexity index is 1610. The van der Waals surface area contributed by atoms with Gasteiger partial charge < -0.3 is 28.1 Å². The van der Waals surface area contributed by atoms with Gasteiger partial charge in [0.25, 0.3) is 10.1 Å². The lowest BCUT2D eigenvalue weighted by molar-refractivity contribution is -0.259. The fourth-order valence-corrected chi connectivity index (χ4v) is 5.05. The second-order valence-corrected chi connectivity index (χ2v) is 10.2. The Kier molecular flexibility index (Phi) is 7.90. The lowest BCUT2D eigenvalue weighted by Crippen LogP contribution is -2.59. The molecular weight excluding hydrogens is 540 g/mol. The molecule has 1 aliphatic heterocycles. The first-order chi connectivity index (χ1) is 18.3. The van der Waals surface area contributed by atoms with E-state index in [1.165, 1.54) is 6.07 Å². The van der Waals surface area contributed by atoms with E-state index in [1.807, 2.05) is 0 Å². The molecule has 39 heavy (non-hydrogen) atoms. The van der Waals surface area contributed by atoms with E-state index in [4.69, 9.17) is 28.1 Å².